The highest BCUT2D eigenvalue weighted by atomic mass is 15.0. The molecule has 11 rings (SSSR count). The van der Waals surface area contributed by atoms with Crippen LogP contribution >= 0.6 is 0 Å². The highest BCUT2D eigenvalue weighted by Gasteiger charge is 2.23. The molecule has 0 saturated heterocycles. The number of hydrogen-bond acceptors (Lipinski definition) is 2. The van der Waals surface area contributed by atoms with E-state index in [1.807, 2.05) is 12.1 Å². The summed E-state index contributed by atoms with van der Waals surface area (Å²) in [7, 11) is 0. The van der Waals surface area contributed by atoms with Gasteiger partial charge in [0.15, 0.2) is 5.82 Å². The van der Waals surface area contributed by atoms with Gasteiger partial charge in [-0.15, -0.1) is 0 Å². The first kappa shape index (κ1) is 35.6. The second kappa shape index (κ2) is 14.1. The minimum atomic E-state index is 0.00128. The van der Waals surface area contributed by atoms with Gasteiger partial charge in [-0.1, -0.05) is 172 Å². The van der Waals surface area contributed by atoms with Crippen LogP contribution in [0, 0.1) is 0 Å². The maximum atomic E-state index is 5.29. The first-order chi connectivity index (χ1) is 29.4. The van der Waals surface area contributed by atoms with E-state index in [0.717, 1.165) is 61.6 Å². The molecule has 60 heavy (non-hydrogen) atoms. The van der Waals surface area contributed by atoms with Crippen LogP contribution in [-0.4, -0.2) is 19.1 Å². The van der Waals surface area contributed by atoms with Crippen LogP contribution in [0.1, 0.15) is 26.3 Å². The smallest absolute Gasteiger partial charge is 0.160 e. The van der Waals surface area contributed by atoms with Gasteiger partial charge in [-0.3, -0.25) is 0 Å². The molecule has 4 nitrogen and oxygen atoms in total. The minimum absolute atomic E-state index is 0.00128. The van der Waals surface area contributed by atoms with E-state index in [0.29, 0.717) is 5.82 Å². The molecule has 0 aliphatic carbocycles. The van der Waals surface area contributed by atoms with Crippen molar-refractivity contribution in [3.8, 4) is 56.4 Å². The Bertz CT molecular complexity index is 3290. The van der Waals surface area contributed by atoms with Gasteiger partial charge in [-0.05, 0) is 59.5 Å². The molecular formula is C56H42N4. The lowest BCUT2D eigenvalue weighted by atomic mass is 9.86. The van der Waals surface area contributed by atoms with Gasteiger partial charge in [0.25, 0.3) is 0 Å². The zero-order chi connectivity index (χ0) is 40.4. The fourth-order valence-electron chi connectivity index (χ4n) is 8.95. The summed E-state index contributed by atoms with van der Waals surface area (Å²) in [5.74, 6) is 0.675. The SMILES string of the molecule is CC(C)(C)c1ccc2c(c1)c1ccccc1n2-c1cc(-c2nc(-c3ccccc3)cc(-c3ccccc3)n2)ccc1-c1ccccc1-n1c2ccccc2c2ccccc21. The van der Waals surface area contributed by atoms with E-state index in [-0.39, 0.29) is 5.41 Å². The van der Waals surface area contributed by atoms with Crippen LogP contribution < -0.4 is 0 Å². The number of nitrogens with zero attached hydrogens (tertiary/aromatic N) is 4. The van der Waals surface area contributed by atoms with Crippen molar-refractivity contribution in [3.05, 3.63) is 206 Å². The molecule has 0 unspecified atom stereocenters. The molecule has 0 fully saturated rings. The van der Waals surface area contributed by atoms with Crippen molar-refractivity contribution in [3.63, 3.8) is 0 Å². The molecule has 0 bridgehead atoms. The van der Waals surface area contributed by atoms with Crippen molar-refractivity contribution in [2.75, 3.05) is 0 Å². The molecule has 0 aliphatic rings. The number of fused-ring (bicyclic) bond motifs is 6. The lowest BCUT2D eigenvalue weighted by Crippen LogP contribution is -2.10. The summed E-state index contributed by atoms with van der Waals surface area (Å²) < 4.78 is 4.88. The number of rotatable bonds is 6. The molecule has 11 aromatic rings. The summed E-state index contributed by atoms with van der Waals surface area (Å²) in [5.41, 5.74) is 15.2. The van der Waals surface area contributed by atoms with Crippen molar-refractivity contribution in [1.29, 1.82) is 0 Å². The van der Waals surface area contributed by atoms with E-state index in [9.17, 15) is 0 Å². The van der Waals surface area contributed by atoms with Crippen molar-refractivity contribution >= 4 is 43.6 Å². The maximum absolute atomic E-state index is 5.29. The predicted octanol–water partition coefficient (Wildman–Crippen LogP) is 14.6. The average molecular weight is 771 g/mol. The van der Waals surface area contributed by atoms with Gasteiger partial charge >= 0.3 is 0 Å². The van der Waals surface area contributed by atoms with Gasteiger partial charge in [0.2, 0.25) is 0 Å². The summed E-state index contributed by atoms with van der Waals surface area (Å²) in [4.78, 5) is 10.6. The number of benzene rings is 8. The van der Waals surface area contributed by atoms with Crippen LogP contribution in [0.5, 0.6) is 0 Å². The van der Waals surface area contributed by atoms with Gasteiger partial charge in [-0.2, -0.15) is 0 Å². The molecule has 8 aromatic carbocycles. The monoisotopic (exact) mass is 770 g/mol. The molecule has 3 heterocycles. The van der Waals surface area contributed by atoms with E-state index < -0.39 is 0 Å². The topological polar surface area (TPSA) is 35.6 Å². The molecule has 0 amide bonds. The second-order valence-corrected chi connectivity index (χ2v) is 16.6. The number of hydrogen-bond donors (Lipinski definition) is 0. The van der Waals surface area contributed by atoms with Gasteiger partial charge in [0, 0.05) is 49.4 Å². The highest BCUT2D eigenvalue weighted by Crippen LogP contribution is 2.43. The first-order valence-corrected chi connectivity index (χ1v) is 20.7. The Morgan fingerprint density at radius 1 is 0.350 bits per heavy atom. The minimum Gasteiger partial charge on any atom is -0.309 e. The predicted molar refractivity (Wildman–Crippen MR) is 251 cm³/mol. The molecule has 0 atom stereocenters. The zero-order valence-corrected chi connectivity index (χ0v) is 33.8. The molecule has 4 heteroatoms. The third-order valence-electron chi connectivity index (χ3n) is 11.9. The first-order valence-electron chi connectivity index (χ1n) is 20.7. The standard InChI is InChI=1S/C56H42N4/c1-56(2,3)40-31-33-53-46(35-40)44-25-13-17-29-52(44)60(53)54-34-39(55-57-47(37-18-6-4-7-19-37)36-48(58-55)38-20-8-5-9-21-38)30-32-45(54)43-24-12-16-28-51(43)59-49-26-14-10-22-41(49)42-23-11-15-27-50(42)59/h4-36H,1-3H3. The van der Waals surface area contributed by atoms with Crippen LogP contribution in [-0.2, 0) is 5.41 Å². The Kier molecular flexibility index (Phi) is 8.35. The molecular weight excluding hydrogens is 729 g/mol. The largest absolute Gasteiger partial charge is 0.309 e. The van der Waals surface area contributed by atoms with Crippen LogP contribution in [0.3, 0.4) is 0 Å². The summed E-state index contributed by atoms with van der Waals surface area (Å²) >= 11 is 0. The molecule has 0 saturated carbocycles. The number of aromatic nitrogens is 4. The molecule has 0 N–H and O–H groups in total. The fraction of sp³-hybridized carbons (Fsp3) is 0.0714. The Morgan fingerprint density at radius 3 is 1.40 bits per heavy atom. The Hall–Kier alpha value is -7.56. The highest BCUT2D eigenvalue weighted by molar-refractivity contribution is 6.11. The third kappa shape index (κ3) is 5.91. The summed E-state index contributed by atoms with van der Waals surface area (Å²) in [6, 6.07) is 71.8. The average Bonchev–Trinajstić information content (AvgIpc) is 3.81. The fourth-order valence-corrected chi connectivity index (χ4v) is 8.95. The van der Waals surface area contributed by atoms with Crippen molar-refractivity contribution in [1.82, 2.24) is 19.1 Å². The Morgan fingerprint density at radius 2 is 0.817 bits per heavy atom. The van der Waals surface area contributed by atoms with E-state index in [1.165, 1.54) is 38.1 Å². The van der Waals surface area contributed by atoms with E-state index in [4.69, 9.17) is 9.97 Å². The maximum Gasteiger partial charge on any atom is 0.160 e. The quantitative estimate of drug-likeness (QED) is 0.169. The Labute approximate surface area is 349 Å². The number of para-hydroxylation sites is 4. The third-order valence-corrected chi connectivity index (χ3v) is 11.9. The van der Waals surface area contributed by atoms with Crippen molar-refractivity contribution in [2.24, 2.45) is 0 Å². The van der Waals surface area contributed by atoms with Gasteiger partial charge in [0.05, 0.1) is 44.8 Å². The van der Waals surface area contributed by atoms with Gasteiger partial charge in [0.1, 0.15) is 0 Å². The lowest BCUT2D eigenvalue weighted by molar-refractivity contribution is 0.591. The summed E-state index contributed by atoms with van der Waals surface area (Å²) in [6.45, 7) is 6.86. The molecule has 0 spiro atoms. The van der Waals surface area contributed by atoms with Crippen molar-refractivity contribution in [2.45, 2.75) is 26.2 Å². The van der Waals surface area contributed by atoms with Crippen LogP contribution in [0.2, 0.25) is 0 Å². The van der Waals surface area contributed by atoms with Crippen LogP contribution in [0.15, 0.2) is 200 Å². The van der Waals surface area contributed by atoms with Gasteiger partial charge < -0.3 is 9.13 Å². The molecule has 3 aromatic heterocycles. The van der Waals surface area contributed by atoms with E-state index >= 15 is 0 Å². The summed E-state index contributed by atoms with van der Waals surface area (Å²) in [5, 5.41) is 4.93. The normalized spacial score (nSPS) is 11.9. The van der Waals surface area contributed by atoms with E-state index in [2.05, 4.69) is 218 Å². The van der Waals surface area contributed by atoms with E-state index in [1.54, 1.807) is 0 Å². The lowest BCUT2D eigenvalue weighted by Gasteiger charge is -2.21. The summed E-state index contributed by atoms with van der Waals surface area (Å²) in [6.07, 6.45) is 0. The van der Waals surface area contributed by atoms with Crippen LogP contribution in [0.25, 0.3) is 100 Å². The molecule has 0 radical (unpaired) electrons. The van der Waals surface area contributed by atoms with Crippen LogP contribution in [0.4, 0.5) is 0 Å². The molecule has 0 aliphatic heterocycles. The second-order valence-electron chi connectivity index (χ2n) is 16.6. The van der Waals surface area contributed by atoms with Crippen molar-refractivity contribution < 1.29 is 0 Å². The molecule has 286 valence electrons. The zero-order valence-electron chi connectivity index (χ0n) is 33.8. The Balaban J connectivity index is 1.22. The van der Waals surface area contributed by atoms with Gasteiger partial charge in [-0.25, -0.2) is 9.97 Å².